The predicted molar refractivity (Wildman–Crippen MR) is 149 cm³/mol. The van der Waals surface area contributed by atoms with E-state index in [0.717, 1.165) is 22.0 Å². The van der Waals surface area contributed by atoms with Gasteiger partial charge in [0.2, 0.25) is 17.7 Å². The van der Waals surface area contributed by atoms with E-state index in [1.165, 1.54) is 6.92 Å². The molecule has 3 aromatic rings. The highest BCUT2D eigenvalue weighted by molar-refractivity contribution is 5.94. The number of carbonyl (C=O) groups excluding carboxylic acids is 3. The average molecular weight is 536 g/mol. The van der Waals surface area contributed by atoms with Gasteiger partial charge in [0, 0.05) is 29.9 Å². The fourth-order valence-corrected chi connectivity index (χ4v) is 4.24. The predicted octanol–water partition coefficient (Wildman–Crippen LogP) is 1.89. The molecule has 0 aliphatic rings. The first-order chi connectivity index (χ1) is 18.6. The highest BCUT2D eigenvalue weighted by Crippen LogP contribution is 2.19. The molecule has 5 unspecified atom stereocenters. The molecule has 39 heavy (non-hydrogen) atoms. The summed E-state index contributed by atoms with van der Waals surface area (Å²) in [5.74, 6) is -2.96. The van der Waals surface area contributed by atoms with Crippen LogP contribution in [0.25, 0.3) is 10.9 Å². The zero-order valence-corrected chi connectivity index (χ0v) is 22.4. The fraction of sp³-hybridized carbons (Fsp3) is 0.379. The Balaban J connectivity index is 1.79. The van der Waals surface area contributed by atoms with Crippen molar-refractivity contribution in [3.63, 3.8) is 0 Å². The number of hydrogen-bond donors (Lipinski definition) is 6. The molecule has 3 rings (SSSR count). The number of aliphatic carboxylic acids is 1. The minimum absolute atomic E-state index is 0.0711. The standard InChI is InChI=1S/C29H37N5O5/c1-4-17(2)25(30)28(37)32-18(3)26(35)33-23(15-20-16-31-22-13-9-8-12-21(20)22)27(36)34-24(29(38)39)14-19-10-6-5-7-11-19/h5-13,16-18,23-25,31H,4,14-15,30H2,1-3H3,(H,32,37)(H,33,35)(H,34,36)(H,38,39). The van der Waals surface area contributed by atoms with Gasteiger partial charge in [-0.1, -0.05) is 68.8 Å². The number of carboxylic acid groups (broad SMARTS) is 1. The van der Waals surface area contributed by atoms with E-state index in [9.17, 15) is 24.3 Å². The number of fused-ring (bicyclic) bond motifs is 1. The number of nitrogens with one attached hydrogen (secondary N) is 4. The molecule has 0 bridgehead atoms. The van der Waals surface area contributed by atoms with Crippen LogP contribution in [0.4, 0.5) is 0 Å². The number of carbonyl (C=O) groups is 4. The van der Waals surface area contributed by atoms with Crippen molar-refractivity contribution in [1.82, 2.24) is 20.9 Å². The Bertz CT molecular complexity index is 1290. The maximum absolute atomic E-state index is 13.4. The Kier molecular flexibility index (Phi) is 10.2. The van der Waals surface area contributed by atoms with Gasteiger partial charge in [0.25, 0.3) is 0 Å². The van der Waals surface area contributed by atoms with Crippen molar-refractivity contribution >= 4 is 34.6 Å². The Hall–Kier alpha value is -4.18. The lowest BCUT2D eigenvalue weighted by molar-refractivity contribution is -0.142. The topological polar surface area (TPSA) is 166 Å². The number of hydrogen-bond acceptors (Lipinski definition) is 5. The van der Waals surface area contributed by atoms with Crippen LogP contribution < -0.4 is 21.7 Å². The van der Waals surface area contributed by atoms with E-state index in [4.69, 9.17) is 5.73 Å². The molecule has 0 aliphatic heterocycles. The average Bonchev–Trinajstić information content (AvgIpc) is 3.34. The highest BCUT2D eigenvalue weighted by atomic mass is 16.4. The molecular weight excluding hydrogens is 498 g/mol. The van der Waals surface area contributed by atoms with Crippen molar-refractivity contribution in [2.75, 3.05) is 0 Å². The molecular formula is C29H37N5O5. The molecule has 10 heteroatoms. The van der Waals surface area contributed by atoms with Gasteiger partial charge in [0.1, 0.15) is 18.1 Å². The Morgan fingerprint density at radius 1 is 0.846 bits per heavy atom. The number of para-hydroxylation sites is 1. The molecule has 10 nitrogen and oxygen atoms in total. The van der Waals surface area contributed by atoms with E-state index in [1.54, 1.807) is 30.5 Å². The molecule has 0 fully saturated rings. The Morgan fingerprint density at radius 3 is 2.15 bits per heavy atom. The smallest absolute Gasteiger partial charge is 0.326 e. The first-order valence-corrected chi connectivity index (χ1v) is 13.1. The van der Waals surface area contributed by atoms with Crippen molar-refractivity contribution in [3.8, 4) is 0 Å². The van der Waals surface area contributed by atoms with E-state index < -0.39 is 47.9 Å². The van der Waals surface area contributed by atoms with E-state index in [0.29, 0.717) is 6.42 Å². The lowest BCUT2D eigenvalue weighted by Gasteiger charge is -2.24. The summed E-state index contributed by atoms with van der Waals surface area (Å²) in [7, 11) is 0. The number of aromatic nitrogens is 1. The maximum atomic E-state index is 13.4. The van der Waals surface area contributed by atoms with Gasteiger partial charge in [-0.15, -0.1) is 0 Å². The summed E-state index contributed by atoms with van der Waals surface area (Å²) in [4.78, 5) is 54.1. The molecule has 0 saturated heterocycles. The van der Waals surface area contributed by atoms with Gasteiger partial charge in [-0.3, -0.25) is 14.4 Å². The van der Waals surface area contributed by atoms with Gasteiger partial charge >= 0.3 is 5.97 Å². The van der Waals surface area contributed by atoms with Crippen LogP contribution in [0.15, 0.2) is 60.8 Å². The van der Waals surface area contributed by atoms with Crippen LogP contribution >= 0.6 is 0 Å². The molecule has 0 spiro atoms. The quantitative estimate of drug-likeness (QED) is 0.195. The maximum Gasteiger partial charge on any atom is 0.326 e. The summed E-state index contributed by atoms with van der Waals surface area (Å²) in [6.45, 7) is 5.28. The van der Waals surface area contributed by atoms with E-state index >= 15 is 0 Å². The highest BCUT2D eigenvalue weighted by Gasteiger charge is 2.30. The summed E-state index contributed by atoms with van der Waals surface area (Å²) >= 11 is 0. The van der Waals surface area contributed by atoms with Crippen molar-refractivity contribution in [1.29, 1.82) is 0 Å². The van der Waals surface area contributed by atoms with Gasteiger partial charge in [-0.25, -0.2) is 4.79 Å². The second-order valence-corrected chi connectivity index (χ2v) is 9.86. The second kappa shape index (κ2) is 13.6. The fourth-order valence-electron chi connectivity index (χ4n) is 4.24. The van der Waals surface area contributed by atoms with Crippen LogP contribution in [0.5, 0.6) is 0 Å². The van der Waals surface area contributed by atoms with E-state index in [-0.39, 0.29) is 18.8 Å². The van der Waals surface area contributed by atoms with Gasteiger partial charge in [-0.2, -0.15) is 0 Å². The van der Waals surface area contributed by atoms with Crippen LogP contribution in [-0.2, 0) is 32.0 Å². The SMILES string of the molecule is CCC(C)C(N)C(=O)NC(C)C(=O)NC(Cc1c[nH]c2ccccc12)C(=O)NC(Cc1ccccc1)C(=O)O. The second-order valence-electron chi connectivity index (χ2n) is 9.86. The third-order valence-electron chi connectivity index (χ3n) is 6.94. The van der Waals surface area contributed by atoms with Crippen LogP contribution in [0.2, 0.25) is 0 Å². The minimum Gasteiger partial charge on any atom is -0.480 e. The van der Waals surface area contributed by atoms with Crippen LogP contribution in [-0.4, -0.2) is 57.9 Å². The third kappa shape index (κ3) is 7.90. The normalized spacial score (nSPS) is 15.0. The summed E-state index contributed by atoms with van der Waals surface area (Å²) in [6, 6.07) is 12.5. The number of amides is 3. The molecule has 0 aliphatic carbocycles. The lowest BCUT2D eigenvalue weighted by Crippen LogP contribution is -2.57. The number of aromatic amines is 1. The van der Waals surface area contributed by atoms with Crippen LogP contribution in [0.3, 0.4) is 0 Å². The van der Waals surface area contributed by atoms with E-state index in [2.05, 4.69) is 20.9 Å². The van der Waals surface area contributed by atoms with Crippen molar-refractivity contribution in [3.05, 3.63) is 71.9 Å². The molecule has 7 N–H and O–H groups in total. The zero-order chi connectivity index (χ0) is 28.5. The van der Waals surface area contributed by atoms with Crippen molar-refractivity contribution in [2.45, 2.75) is 64.2 Å². The van der Waals surface area contributed by atoms with Gasteiger partial charge in [0.05, 0.1) is 6.04 Å². The molecule has 0 radical (unpaired) electrons. The summed E-state index contributed by atoms with van der Waals surface area (Å²) in [5, 5.41) is 18.6. The molecule has 208 valence electrons. The summed E-state index contributed by atoms with van der Waals surface area (Å²) < 4.78 is 0. The van der Waals surface area contributed by atoms with Gasteiger partial charge in [-0.05, 0) is 30.0 Å². The first kappa shape index (κ1) is 29.4. The Morgan fingerprint density at radius 2 is 1.49 bits per heavy atom. The summed E-state index contributed by atoms with van der Waals surface area (Å²) in [6.07, 6.45) is 2.64. The largest absolute Gasteiger partial charge is 0.480 e. The van der Waals surface area contributed by atoms with Crippen LogP contribution in [0, 0.1) is 5.92 Å². The Labute approximate surface area is 227 Å². The first-order valence-electron chi connectivity index (χ1n) is 13.1. The number of rotatable bonds is 13. The van der Waals surface area contributed by atoms with E-state index in [1.807, 2.05) is 44.2 Å². The molecule has 3 amide bonds. The zero-order valence-electron chi connectivity index (χ0n) is 22.4. The molecule has 0 saturated carbocycles. The number of H-pyrrole nitrogens is 1. The summed E-state index contributed by atoms with van der Waals surface area (Å²) in [5.41, 5.74) is 8.38. The number of benzene rings is 2. The van der Waals surface area contributed by atoms with Crippen molar-refractivity contribution in [2.24, 2.45) is 11.7 Å². The number of nitrogens with two attached hydrogens (primary N) is 1. The monoisotopic (exact) mass is 535 g/mol. The molecule has 1 aromatic heterocycles. The van der Waals surface area contributed by atoms with Crippen molar-refractivity contribution < 1.29 is 24.3 Å². The van der Waals surface area contributed by atoms with Gasteiger partial charge in [0.15, 0.2) is 0 Å². The molecule has 5 atom stereocenters. The third-order valence-corrected chi connectivity index (χ3v) is 6.94. The molecule has 2 aromatic carbocycles. The number of carboxylic acids is 1. The van der Waals surface area contributed by atoms with Gasteiger partial charge < -0.3 is 31.8 Å². The minimum atomic E-state index is -1.20. The van der Waals surface area contributed by atoms with Crippen LogP contribution in [0.1, 0.15) is 38.3 Å². The molecule has 1 heterocycles. The lowest BCUT2D eigenvalue weighted by atomic mass is 9.99.